The number of methoxy groups -OCH3 is 1. The summed E-state index contributed by atoms with van der Waals surface area (Å²) in [5, 5.41) is 0. The molecule has 0 aliphatic heterocycles. The first-order chi connectivity index (χ1) is 11.9. The topological polar surface area (TPSA) is 64.6 Å². The third-order valence-corrected chi connectivity index (χ3v) is 5.46. The van der Waals surface area contributed by atoms with Crippen molar-refractivity contribution in [1.29, 1.82) is 0 Å². The minimum absolute atomic E-state index is 0.0426. The van der Waals surface area contributed by atoms with E-state index in [0.717, 1.165) is 12.1 Å². The van der Waals surface area contributed by atoms with Crippen molar-refractivity contribution in [3.8, 4) is 11.5 Å². The molecule has 0 saturated carbocycles. The van der Waals surface area contributed by atoms with Crippen LogP contribution in [0.15, 0.2) is 35.2 Å². The average molecular weight is 389 g/mol. The molecule has 0 unspecified atom stereocenters. The van der Waals surface area contributed by atoms with E-state index in [-0.39, 0.29) is 10.6 Å². The molecule has 5 nitrogen and oxygen atoms in total. The highest BCUT2D eigenvalue weighted by atomic mass is 32.2. The van der Waals surface area contributed by atoms with Gasteiger partial charge in [0.05, 0.1) is 17.7 Å². The first kappa shape index (κ1) is 19.9. The van der Waals surface area contributed by atoms with Gasteiger partial charge >= 0.3 is 6.36 Å². The van der Waals surface area contributed by atoms with E-state index < -0.39 is 22.1 Å². The van der Waals surface area contributed by atoms with E-state index in [1.807, 2.05) is 0 Å². The SMILES string of the molecule is COc1cc(C)c(S(=O)(=O)Nc2cccc(OC(F)(F)F)c2)c(C)c1C. The Morgan fingerprint density at radius 3 is 2.27 bits per heavy atom. The van der Waals surface area contributed by atoms with E-state index >= 15 is 0 Å². The fourth-order valence-electron chi connectivity index (χ4n) is 2.61. The van der Waals surface area contributed by atoms with Gasteiger partial charge in [-0.25, -0.2) is 8.42 Å². The van der Waals surface area contributed by atoms with Gasteiger partial charge in [-0.1, -0.05) is 6.07 Å². The molecule has 1 N–H and O–H groups in total. The smallest absolute Gasteiger partial charge is 0.496 e. The van der Waals surface area contributed by atoms with Crippen molar-refractivity contribution in [2.45, 2.75) is 32.0 Å². The Bertz CT molecular complexity index is 924. The first-order valence-electron chi connectivity index (χ1n) is 7.48. The molecule has 0 bridgehead atoms. The zero-order chi connectivity index (χ0) is 19.7. The van der Waals surface area contributed by atoms with Crippen molar-refractivity contribution in [3.63, 3.8) is 0 Å². The Morgan fingerprint density at radius 2 is 1.69 bits per heavy atom. The molecule has 0 aromatic heterocycles. The van der Waals surface area contributed by atoms with E-state index in [2.05, 4.69) is 9.46 Å². The number of rotatable bonds is 5. The Kier molecular flexibility index (Phi) is 5.41. The highest BCUT2D eigenvalue weighted by molar-refractivity contribution is 7.92. The van der Waals surface area contributed by atoms with Gasteiger partial charge in [0.25, 0.3) is 10.0 Å². The first-order valence-corrected chi connectivity index (χ1v) is 8.96. The van der Waals surface area contributed by atoms with Gasteiger partial charge < -0.3 is 9.47 Å². The molecule has 142 valence electrons. The van der Waals surface area contributed by atoms with Crippen LogP contribution in [0.25, 0.3) is 0 Å². The molecule has 2 rings (SSSR count). The summed E-state index contributed by atoms with van der Waals surface area (Å²) in [4.78, 5) is 0.0537. The van der Waals surface area contributed by atoms with Crippen molar-refractivity contribution in [3.05, 3.63) is 47.0 Å². The van der Waals surface area contributed by atoms with Gasteiger partial charge in [0, 0.05) is 6.07 Å². The standard InChI is InChI=1S/C17H18F3NO4S/c1-10-8-15(24-4)11(2)12(3)16(10)26(22,23)21-13-6-5-7-14(9-13)25-17(18,19)20/h5-9,21H,1-4H3. The highest BCUT2D eigenvalue weighted by Gasteiger charge is 2.31. The van der Waals surface area contributed by atoms with Crippen LogP contribution in [-0.4, -0.2) is 21.9 Å². The summed E-state index contributed by atoms with van der Waals surface area (Å²) >= 11 is 0. The van der Waals surface area contributed by atoms with Crippen LogP contribution in [0.2, 0.25) is 0 Å². The fourth-order valence-corrected chi connectivity index (χ4v) is 4.19. The third kappa shape index (κ3) is 4.40. The molecule has 9 heteroatoms. The molecule has 0 atom stereocenters. The van der Waals surface area contributed by atoms with Crippen LogP contribution in [0.4, 0.5) is 18.9 Å². The van der Waals surface area contributed by atoms with Crippen molar-refractivity contribution in [2.24, 2.45) is 0 Å². The molecule has 0 amide bonds. The van der Waals surface area contributed by atoms with Crippen molar-refractivity contribution in [2.75, 3.05) is 11.8 Å². The lowest BCUT2D eigenvalue weighted by Crippen LogP contribution is -2.18. The Morgan fingerprint density at radius 1 is 1.04 bits per heavy atom. The van der Waals surface area contributed by atoms with Gasteiger partial charge in [-0.15, -0.1) is 13.2 Å². The Hall–Kier alpha value is -2.42. The molecule has 0 fully saturated rings. The van der Waals surface area contributed by atoms with Crippen LogP contribution in [0.1, 0.15) is 16.7 Å². The number of sulfonamides is 1. The third-order valence-electron chi connectivity index (χ3n) is 3.79. The number of benzene rings is 2. The molecule has 0 spiro atoms. The van der Waals surface area contributed by atoms with Crippen molar-refractivity contribution >= 4 is 15.7 Å². The molecular formula is C17H18F3NO4S. The minimum Gasteiger partial charge on any atom is -0.496 e. The molecule has 26 heavy (non-hydrogen) atoms. The van der Waals surface area contributed by atoms with Gasteiger partial charge in [0.15, 0.2) is 0 Å². The fraction of sp³-hybridized carbons (Fsp3) is 0.294. The Labute approximate surface area is 149 Å². The number of anilines is 1. The zero-order valence-corrected chi connectivity index (χ0v) is 15.4. The normalized spacial score (nSPS) is 12.0. The number of ether oxygens (including phenoxy) is 2. The lowest BCUT2D eigenvalue weighted by atomic mass is 10.1. The second-order valence-electron chi connectivity index (χ2n) is 5.66. The maximum atomic E-state index is 12.8. The van der Waals surface area contributed by atoms with E-state index in [1.54, 1.807) is 26.8 Å². The minimum atomic E-state index is -4.86. The summed E-state index contributed by atoms with van der Waals surface area (Å²) < 4.78 is 73.8. The molecule has 0 radical (unpaired) electrons. The second kappa shape index (κ2) is 7.06. The molecule has 2 aromatic carbocycles. The maximum absolute atomic E-state index is 12.8. The van der Waals surface area contributed by atoms with Gasteiger partial charge in [-0.2, -0.15) is 0 Å². The van der Waals surface area contributed by atoms with Crippen LogP contribution in [0.5, 0.6) is 11.5 Å². The molecule has 0 aliphatic rings. The van der Waals surface area contributed by atoms with Crippen LogP contribution in [-0.2, 0) is 10.0 Å². The van der Waals surface area contributed by atoms with Crippen LogP contribution in [0.3, 0.4) is 0 Å². The summed E-state index contributed by atoms with van der Waals surface area (Å²) in [5.41, 5.74) is 1.57. The average Bonchev–Trinajstić information content (AvgIpc) is 2.48. The van der Waals surface area contributed by atoms with Gasteiger partial charge in [0.1, 0.15) is 11.5 Å². The van der Waals surface area contributed by atoms with Gasteiger partial charge in [0.2, 0.25) is 0 Å². The molecule has 0 saturated heterocycles. The monoisotopic (exact) mass is 389 g/mol. The van der Waals surface area contributed by atoms with E-state index in [4.69, 9.17) is 4.74 Å². The summed E-state index contributed by atoms with van der Waals surface area (Å²) in [6.07, 6.45) is -4.86. The van der Waals surface area contributed by atoms with Crippen molar-refractivity contribution < 1.29 is 31.1 Å². The summed E-state index contributed by atoms with van der Waals surface area (Å²) in [5.74, 6) is 0.0385. The lowest BCUT2D eigenvalue weighted by molar-refractivity contribution is -0.274. The number of hydrogen-bond acceptors (Lipinski definition) is 4. The van der Waals surface area contributed by atoms with Crippen molar-refractivity contribution in [1.82, 2.24) is 0 Å². The van der Waals surface area contributed by atoms with Gasteiger partial charge in [-0.05, 0) is 55.7 Å². The number of aryl methyl sites for hydroxylation is 1. The largest absolute Gasteiger partial charge is 0.573 e. The van der Waals surface area contributed by atoms with Crippen LogP contribution in [0, 0.1) is 20.8 Å². The maximum Gasteiger partial charge on any atom is 0.573 e. The van der Waals surface area contributed by atoms with E-state index in [1.165, 1.54) is 19.2 Å². The van der Waals surface area contributed by atoms with E-state index in [0.29, 0.717) is 22.4 Å². The quantitative estimate of drug-likeness (QED) is 0.827. The summed E-state index contributed by atoms with van der Waals surface area (Å²) in [6.45, 7) is 4.99. The zero-order valence-electron chi connectivity index (χ0n) is 14.6. The molecular weight excluding hydrogens is 371 g/mol. The second-order valence-corrected chi connectivity index (χ2v) is 7.28. The summed E-state index contributed by atoms with van der Waals surface area (Å²) in [6, 6.07) is 6.24. The van der Waals surface area contributed by atoms with Gasteiger partial charge in [-0.3, -0.25) is 4.72 Å². The van der Waals surface area contributed by atoms with E-state index in [9.17, 15) is 21.6 Å². The lowest BCUT2D eigenvalue weighted by Gasteiger charge is -2.17. The van der Waals surface area contributed by atoms with Crippen LogP contribution < -0.4 is 14.2 Å². The molecule has 0 aliphatic carbocycles. The number of nitrogens with one attached hydrogen (secondary N) is 1. The predicted octanol–water partition coefficient (Wildman–Crippen LogP) is 4.32. The number of hydrogen-bond donors (Lipinski definition) is 1. The highest BCUT2D eigenvalue weighted by Crippen LogP contribution is 2.32. The molecule has 2 aromatic rings. The Balaban J connectivity index is 2.42. The van der Waals surface area contributed by atoms with Crippen LogP contribution >= 0.6 is 0 Å². The molecule has 0 heterocycles. The predicted molar refractivity (Wildman–Crippen MR) is 91.1 cm³/mol. The summed E-state index contributed by atoms with van der Waals surface area (Å²) in [7, 11) is -2.54. The number of alkyl halides is 3. The number of halogens is 3.